The highest BCUT2D eigenvalue weighted by molar-refractivity contribution is 8.00. The van der Waals surface area contributed by atoms with E-state index in [0.717, 1.165) is 33.8 Å². The van der Waals surface area contributed by atoms with Gasteiger partial charge in [0.25, 0.3) is 0 Å². The molecule has 0 radical (unpaired) electrons. The Bertz CT molecular complexity index is 1250. The molecule has 0 aliphatic rings. The normalized spacial score (nSPS) is 11.8. The van der Waals surface area contributed by atoms with Gasteiger partial charge in [0.05, 0.1) is 12.4 Å². The van der Waals surface area contributed by atoms with E-state index in [1.807, 2.05) is 92.1 Å². The molecule has 1 N–H and O–H groups in total. The smallest absolute Gasteiger partial charge is 0.237 e. The SMILES string of the molecule is COc1ccc(-c2nnc(SC(C)C(=O)Nc3ccc(C)cc3C)n2-c2ccccc2)cc1. The number of rotatable bonds is 7. The van der Waals surface area contributed by atoms with Crippen molar-refractivity contribution in [3.8, 4) is 22.8 Å². The summed E-state index contributed by atoms with van der Waals surface area (Å²) in [7, 11) is 1.64. The molecule has 0 fully saturated rings. The number of para-hydroxylation sites is 1. The van der Waals surface area contributed by atoms with E-state index in [1.54, 1.807) is 7.11 Å². The first-order chi connectivity index (χ1) is 16.0. The van der Waals surface area contributed by atoms with Gasteiger partial charge in [-0.3, -0.25) is 9.36 Å². The number of carbonyl (C=O) groups is 1. The van der Waals surface area contributed by atoms with Crippen molar-refractivity contribution < 1.29 is 9.53 Å². The first-order valence-corrected chi connectivity index (χ1v) is 11.5. The summed E-state index contributed by atoms with van der Waals surface area (Å²) in [6.45, 7) is 5.90. The number of amides is 1. The number of carbonyl (C=O) groups excluding carboxylic acids is 1. The van der Waals surface area contributed by atoms with Gasteiger partial charge >= 0.3 is 0 Å². The van der Waals surface area contributed by atoms with Gasteiger partial charge in [0.1, 0.15) is 5.75 Å². The van der Waals surface area contributed by atoms with Crippen molar-refractivity contribution in [2.45, 2.75) is 31.2 Å². The van der Waals surface area contributed by atoms with Crippen molar-refractivity contribution in [3.63, 3.8) is 0 Å². The zero-order valence-electron chi connectivity index (χ0n) is 19.1. The van der Waals surface area contributed by atoms with Gasteiger partial charge in [-0.1, -0.05) is 47.7 Å². The second kappa shape index (κ2) is 9.92. The quantitative estimate of drug-likeness (QED) is 0.361. The zero-order valence-corrected chi connectivity index (χ0v) is 19.9. The molecule has 1 amide bonds. The molecule has 6 nitrogen and oxygen atoms in total. The second-order valence-electron chi connectivity index (χ2n) is 7.77. The molecule has 1 heterocycles. The highest BCUT2D eigenvalue weighted by Crippen LogP contribution is 2.31. The third-order valence-electron chi connectivity index (χ3n) is 5.29. The molecule has 168 valence electrons. The van der Waals surface area contributed by atoms with Crippen LogP contribution in [0.5, 0.6) is 5.75 Å². The minimum atomic E-state index is -0.374. The number of ether oxygens (including phenoxy) is 1. The summed E-state index contributed by atoms with van der Waals surface area (Å²) in [5.74, 6) is 1.39. The molecule has 0 aliphatic carbocycles. The molecule has 1 aromatic heterocycles. The molecule has 3 aromatic carbocycles. The number of hydrogen-bond acceptors (Lipinski definition) is 5. The minimum absolute atomic E-state index is 0.0828. The van der Waals surface area contributed by atoms with Crippen molar-refractivity contribution in [1.82, 2.24) is 14.8 Å². The fraction of sp³-hybridized carbons (Fsp3) is 0.192. The number of methoxy groups -OCH3 is 1. The Hall–Kier alpha value is -3.58. The largest absolute Gasteiger partial charge is 0.497 e. The Labute approximate surface area is 198 Å². The van der Waals surface area contributed by atoms with E-state index in [4.69, 9.17) is 4.74 Å². The van der Waals surface area contributed by atoms with Crippen LogP contribution in [0.25, 0.3) is 17.1 Å². The summed E-state index contributed by atoms with van der Waals surface area (Å²) in [5, 5.41) is 12.2. The van der Waals surface area contributed by atoms with Gasteiger partial charge in [-0.15, -0.1) is 10.2 Å². The Morgan fingerprint density at radius 2 is 1.73 bits per heavy atom. The van der Waals surface area contributed by atoms with E-state index in [-0.39, 0.29) is 11.2 Å². The Morgan fingerprint density at radius 3 is 2.39 bits per heavy atom. The number of aromatic nitrogens is 3. The number of nitrogens with zero attached hydrogens (tertiary/aromatic N) is 3. The van der Waals surface area contributed by atoms with Crippen LogP contribution in [0, 0.1) is 13.8 Å². The number of benzene rings is 3. The summed E-state index contributed by atoms with van der Waals surface area (Å²) >= 11 is 1.38. The van der Waals surface area contributed by atoms with E-state index in [1.165, 1.54) is 11.8 Å². The molecule has 0 saturated carbocycles. The summed E-state index contributed by atoms with van der Waals surface area (Å²) in [6.07, 6.45) is 0. The molecule has 4 aromatic rings. The molecule has 0 aliphatic heterocycles. The van der Waals surface area contributed by atoms with Crippen molar-refractivity contribution in [1.29, 1.82) is 0 Å². The topological polar surface area (TPSA) is 69.0 Å². The number of thioether (sulfide) groups is 1. The third-order valence-corrected chi connectivity index (χ3v) is 6.33. The molecule has 1 unspecified atom stereocenters. The van der Waals surface area contributed by atoms with E-state index in [0.29, 0.717) is 11.0 Å². The predicted octanol–water partition coefficient (Wildman–Crippen LogP) is 5.68. The lowest BCUT2D eigenvalue weighted by Crippen LogP contribution is -2.23. The second-order valence-corrected chi connectivity index (χ2v) is 9.08. The average molecular weight is 459 g/mol. The van der Waals surface area contributed by atoms with Crippen LogP contribution in [0.2, 0.25) is 0 Å². The summed E-state index contributed by atoms with van der Waals surface area (Å²) in [4.78, 5) is 12.9. The average Bonchev–Trinajstić information content (AvgIpc) is 3.24. The van der Waals surface area contributed by atoms with Gasteiger partial charge in [0.2, 0.25) is 5.91 Å². The fourth-order valence-corrected chi connectivity index (χ4v) is 4.35. The molecular weight excluding hydrogens is 432 g/mol. The van der Waals surface area contributed by atoms with Crippen molar-refractivity contribution in [3.05, 3.63) is 83.9 Å². The van der Waals surface area contributed by atoms with Crippen LogP contribution in [-0.2, 0) is 4.79 Å². The van der Waals surface area contributed by atoms with Crippen LogP contribution in [0.4, 0.5) is 5.69 Å². The highest BCUT2D eigenvalue weighted by atomic mass is 32.2. The fourth-order valence-electron chi connectivity index (χ4n) is 3.48. The first kappa shape index (κ1) is 22.6. The molecule has 4 rings (SSSR count). The van der Waals surface area contributed by atoms with Crippen LogP contribution in [0.3, 0.4) is 0 Å². The minimum Gasteiger partial charge on any atom is -0.497 e. The molecule has 1 atom stereocenters. The van der Waals surface area contributed by atoms with Crippen LogP contribution in [-0.4, -0.2) is 33.0 Å². The summed E-state index contributed by atoms with van der Waals surface area (Å²) < 4.78 is 7.26. The molecule has 0 saturated heterocycles. The maximum atomic E-state index is 12.9. The zero-order chi connectivity index (χ0) is 23.4. The Kier molecular flexibility index (Phi) is 6.79. The number of aryl methyl sites for hydroxylation is 2. The van der Waals surface area contributed by atoms with Gasteiger partial charge in [-0.25, -0.2) is 0 Å². The van der Waals surface area contributed by atoms with Crippen LogP contribution < -0.4 is 10.1 Å². The summed E-state index contributed by atoms with van der Waals surface area (Å²) in [5.41, 5.74) is 4.86. The third kappa shape index (κ3) is 5.09. The number of nitrogens with one attached hydrogen (secondary N) is 1. The predicted molar refractivity (Wildman–Crippen MR) is 133 cm³/mol. The van der Waals surface area contributed by atoms with Gasteiger partial charge < -0.3 is 10.1 Å². The van der Waals surface area contributed by atoms with Crippen LogP contribution >= 0.6 is 11.8 Å². The highest BCUT2D eigenvalue weighted by Gasteiger charge is 2.22. The molecular formula is C26H26N4O2S. The van der Waals surface area contributed by atoms with Crippen LogP contribution in [0.15, 0.2) is 78.0 Å². The van der Waals surface area contributed by atoms with Gasteiger partial charge in [0, 0.05) is 16.9 Å². The first-order valence-electron chi connectivity index (χ1n) is 10.7. The van der Waals surface area contributed by atoms with Crippen molar-refractivity contribution >= 4 is 23.4 Å². The summed E-state index contributed by atoms with van der Waals surface area (Å²) in [6, 6.07) is 23.6. The molecule has 0 spiro atoms. The maximum Gasteiger partial charge on any atom is 0.237 e. The van der Waals surface area contributed by atoms with E-state index < -0.39 is 0 Å². The number of anilines is 1. The Balaban J connectivity index is 1.63. The van der Waals surface area contributed by atoms with Gasteiger partial charge in [0.15, 0.2) is 11.0 Å². The van der Waals surface area contributed by atoms with Crippen molar-refractivity contribution in [2.75, 3.05) is 12.4 Å². The van der Waals surface area contributed by atoms with E-state index >= 15 is 0 Å². The lowest BCUT2D eigenvalue weighted by atomic mass is 10.1. The van der Waals surface area contributed by atoms with Crippen molar-refractivity contribution in [2.24, 2.45) is 0 Å². The molecule has 7 heteroatoms. The standard InChI is InChI=1S/C26H26N4O2S/c1-17-10-15-23(18(2)16-17)27-25(31)19(3)33-26-29-28-24(20-11-13-22(32-4)14-12-20)30(26)21-8-6-5-7-9-21/h5-16,19H,1-4H3,(H,27,31). The lowest BCUT2D eigenvalue weighted by molar-refractivity contribution is -0.115. The lowest BCUT2D eigenvalue weighted by Gasteiger charge is -2.15. The van der Waals surface area contributed by atoms with E-state index in [9.17, 15) is 4.79 Å². The Morgan fingerprint density at radius 1 is 1.00 bits per heavy atom. The van der Waals surface area contributed by atoms with Gasteiger partial charge in [-0.05, 0) is 68.8 Å². The van der Waals surface area contributed by atoms with Crippen LogP contribution in [0.1, 0.15) is 18.1 Å². The monoisotopic (exact) mass is 458 g/mol. The number of hydrogen-bond donors (Lipinski definition) is 1. The maximum absolute atomic E-state index is 12.9. The van der Waals surface area contributed by atoms with E-state index in [2.05, 4.69) is 21.6 Å². The van der Waals surface area contributed by atoms with Gasteiger partial charge in [-0.2, -0.15) is 0 Å². The molecule has 33 heavy (non-hydrogen) atoms. The molecule has 0 bridgehead atoms.